The predicted octanol–water partition coefficient (Wildman–Crippen LogP) is 5.62. The number of alkyl halides is 3. The van der Waals surface area contributed by atoms with Crippen molar-refractivity contribution in [2.24, 2.45) is 5.41 Å². The third-order valence-electron chi connectivity index (χ3n) is 5.11. The Bertz CT molecular complexity index is 1020. The molecule has 0 radical (unpaired) electrons. The van der Waals surface area contributed by atoms with Crippen LogP contribution in [0.2, 0.25) is 5.02 Å². The standard InChI is InChI=1S/C23H22ClF3O4/c1-14(10-20(29)30)8-9-22(31)16(12-18(28)13-21(22,2)3)5-4-15-11-17(23(25,26)27)6-7-19(15)24/h4-12,31H,13H2,1-3H3,(H,29,30)/b5-4+,9-8+,14-10-/t22-/m1/s1. The first-order valence-electron chi connectivity index (χ1n) is 9.28. The molecule has 166 valence electrons. The van der Waals surface area contributed by atoms with Gasteiger partial charge in [0.2, 0.25) is 0 Å². The second kappa shape index (κ2) is 8.85. The van der Waals surface area contributed by atoms with Gasteiger partial charge in [0, 0.05) is 22.9 Å². The van der Waals surface area contributed by atoms with Crippen molar-refractivity contribution in [3.8, 4) is 0 Å². The van der Waals surface area contributed by atoms with Gasteiger partial charge in [0.15, 0.2) is 5.78 Å². The van der Waals surface area contributed by atoms with E-state index >= 15 is 0 Å². The minimum absolute atomic E-state index is 0.0250. The highest BCUT2D eigenvalue weighted by Gasteiger charge is 2.47. The van der Waals surface area contributed by atoms with Gasteiger partial charge in [-0.1, -0.05) is 43.7 Å². The molecule has 8 heteroatoms. The highest BCUT2D eigenvalue weighted by Crippen LogP contribution is 2.45. The van der Waals surface area contributed by atoms with E-state index in [4.69, 9.17) is 16.7 Å². The predicted molar refractivity (Wildman–Crippen MR) is 112 cm³/mol. The van der Waals surface area contributed by atoms with Crippen molar-refractivity contribution in [3.05, 3.63) is 75.9 Å². The topological polar surface area (TPSA) is 74.6 Å². The molecular formula is C23H22ClF3O4. The van der Waals surface area contributed by atoms with Gasteiger partial charge in [0.1, 0.15) is 5.60 Å². The summed E-state index contributed by atoms with van der Waals surface area (Å²) in [6.07, 6.45) is 3.12. The number of hydrogen-bond acceptors (Lipinski definition) is 3. The number of aliphatic hydroxyl groups is 1. The van der Waals surface area contributed by atoms with E-state index in [1.165, 1.54) is 37.3 Å². The van der Waals surface area contributed by atoms with E-state index in [1.807, 2.05) is 0 Å². The lowest BCUT2D eigenvalue weighted by Crippen LogP contribution is -2.48. The maximum atomic E-state index is 13.0. The molecule has 1 aromatic rings. The third kappa shape index (κ3) is 5.74. The van der Waals surface area contributed by atoms with E-state index in [0.717, 1.165) is 24.3 Å². The van der Waals surface area contributed by atoms with Gasteiger partial charge in [-0.25, -0.2) is 4.79 Å². The van der Waals surface area contributed by atoms with Gasteiger partial charge >= 0.3 is 12.1 Å². The first-order chi connectivity index (χ1) is 14.2. The Labute approximate surface area is 183 Å². The molecule has 1 aliphatic rings. The molecule has 0 unspecified atom stereocenters. The maximum Gasteiger partial charge on any atom is 0.416 e. The first-order valence-corrected chi connectivity index (χ1v) is 9.66. The third-order valence-corrected chi connectivity index (χ3v) is 5.45. The van der Waals surface area contributed by atoms with Gasteiger partial charge in [-0.05, 0) is 54.0 Å². The second-order valence-electron chi connectivity index (χ2n) is 8.02. The Kier molecular flexibility index (Phi) is 7.03. The van der Waals surface area contributed by atoms with Crippen LogP contribution in [0.4, 0.5) is 13.2 Å². The van der Waals surface area contributed by atoms with Crippen molar-refractivity contribution in [3.63, 3.8) is 0 Å². The average molecular weight is 455 g/mol. The van der Waals surface area contributed by atoms with Crippen LogP contribution in [0.25, 0.3) is 6.08 Å². The minimum Gasteiger partial charge on any atom is -0.478 e. The molecule has 2 rings (SSSR count). The van der Waals surface area contributed by atoms with Crippen LogP contribution in [-0.2, 0) is 15.8 Å². The van der Waals surface area contributed by atoms with Crippen LogP contribution in [-0.4, -0.2) is 27.6 Å². The molecule has 0 amide bonds. The highest BCUT2D eigenvalue weighted by atomic mass is 35.5. The number of rotatable bonds is 5. The van der Waals surface area contributed by atoms with Crippen LogP contribution in [0.1, 0.15) is 38.3 Å². The van der Waals surface area contributed by atoms with Gasteiger partial charge < -0.3 is 10.2 Å². The van der Waals surface area contributed by atoms with Crippen molar-refractivity contribution in [1.82, 2.24) is 0 Å². The number of halogens is 4. The molecule has 31 heavy (non-hydrogen) atoms. The molecule has 0 spiro atoms. The number of carbonyl (C=O) groups is 2. The molecule has 1 aromatic carbocycles. The number of carboxylic acids is 1. The summed E-state index contributed by atoms with van der Waals surface area (Å²) in [6.45, 7) is 4.88. The number of hydrogen-bond donors (Lipinski definition) is 2. The summed E-state index contributed by atoms with van der Waals surface area (Å²) >= 11 is 6.03. The van der Waals surface area contributed by atoms with Crippen molar-refractivity contribution in [2.45, 2.75) is 39.0 Å². The van der Waals surface area contributed by atoms with Gasteiger partial charge in [0.05, 0.1) is 5.56 Å². The molecule has 0 fully saturated rings. The lowest BCUT2D eigenvalue weighted by molar-refractivity contribution is -0.137. The maximum absolute atomic E-state index is 13.0. The zero-order chi connectivity index (χ0) is 23.6. The van der Waals surface area contributed by atoms with E-state index in [2.05, 4.69) is 0 Å². The second-order valence-corrected chi connectivity index (χ2v) is 8.43. The molecular weight excluding hydrogens is 433 g/mol. The van der Waals surface area contributed by atoms with Gasteiger partial charge in [-0.15, -0.1) is 0 Å². The summed E-state index contributed by atoms with van der Waals surface area (Å²) in [6, 6.07) is 2.87. The lowest BCUT2D eigenvalue weighted by Gasteiger charge is -2.44. The van der Waals surface area contributed by atoms with Crippen LogP contribution in [0, 0.1) is 5.41 Å². The Morgan fingerprint density at radius 3 is 2.45 bits per heavy atom. The molecule has 0 saturated carbocycles. The Balaban J connectivity index is 2.53. The molecule has 0 saturated heterocycles. The number of carboxylic acid groups (broad SMARTS) is 1. The Morgan fingerprint density at radius 2 is 1.87 bits per heavy atom. The summed E-state index contributed by atoms with van der Waals surface area (Å²) in [5, 5.41) is 20.4. The summed E-state index contributed by atoms with van der Waals surface area (Å²) < 4.78 is 39.1. The van der Waals surface area contributed by atoms with E-state index in [9.17, 15) is 27.9 Å². The van der Waals surface area contributed by atoms with Crippen LogP contribution in [0.5, 0.6) is 0 Å². The van der Waals surface area contributed by atoms with E-state index in [1.54, 1.807) is 13.8 Å². The average Bonchev–Trinajstić information content (AvgIpc) is 2.61. The Hall–Kier alpha value is -2.64. The van der Waals surface area contributed by atoms with E-state index < -0.39 is 28.7 Å². The van der Waals surface area contributed by atoms with E-state index in [0.29, 0.717) is 5.57 Å². The van der Waals surface area contributed by atoms with Crippen LogP contribution < -0.4 is 0 Å². The summed E-state index contributed by atoms with van der Waals surface area (Å²) in [5.74, 6) is -1.40. The number of carbonyl (C=O) groups excluding carboxylic acids is 1. The molecule has 4 nitrogen and oxygen atoms in total. The molecule has 0 aromatic heterocycles. The number of aliphatic carboxylic acids is 1. The summed E-state index contributed by atoms with van der Waals surface area (Å²) in [4.78, 5) is 23.0. The Morgan fingerprint density at radius 1 is 1.23 bits per heavy atom. The van der Waals surface area contributed by atoms with Crippen molar-refractivity contribution >= 4 is 29.4 Å². The highest BCUT2D eigenvalue weighted by molar-refractivity contribution is 6.32. The van der Waals surface area contributed by atoms with Crippen molar-refractivity contribution in [2.75, 3.05) is 0 Å². The summed E-state index contributed by atoms with van der Waals surface area (Å²) in [7, 11) is 0. The summed E-state index contributed by atoms with van der Waals surface area (Å²) in [5.41, 5.74) is -2.94. The zero-order valence-electron chi connectivity index (χ0n) is 17.1. The molecule has 1 aliphatic carbocycles. The largest absolute Gasteiger partial charge is 0.478 e. The van der Waals surface area contributed by atoms with Gasteiger partial charge in [-0.2, -0.15) is 13.2 Å². The SMILES string of the molecule is CC(=C/C(=O)O)/C=C/[C@@]1(O)C(/C=C/c2cc(C(F)(F)F)ccc2Cl)=CC(=O)CC1(C)C. The van der Waals surface area contributed by atoms with Gasteiger partial charge in [-0.3, -0.25) is 4.79 Å². The van der Waals surface area contributed by atoms with E-state index in [-0.39, 0.29) is 28.4 Å². The molecule has 0 bridgehead atoms. The minimum atomic E-state index is -4.55. The molecule has 2 N–H and O–H groups in total. The van der Waals surface area contributed by atoms with Crippen LogP contribution in [0.3, 0.4) is 0 Å². The normalized spacial score (nSPS) is 22.3. The number of benzene rings is 1. The fraction of sp³-hybridized carbons (Fsp3) is 0.304. The van der Waals surface area contributed by atoms with Crippen molar-refractivity contribution in [1.29, 1.82) is 0 Å². The smallest absolute Gasteiger partial charge is 0.416 e. The molecule has 0 heterocycles. The van der Waals surface area contributed by atoms with Gasteiger partial charge in [0.25, 0.3) is 0 Å². The van der Waals surface area contributed by atoms with Crippen molar-refractivity contribution < 1.29 is 33.0 Å². The fourth-order valence-electron chi connectivity index (χ4n) is 3.31. The van der Waals surface area contributed by atoms with Crippen LogP contribution in [0.15, 0.2) is 59.7 Å². The van der Waals surface area contributed by atoms with Crippen LogP contribution >= 0.6 is 11.6 Å². The lowest BCUT2D eigenvalue weighted by atomic mass is 9.64. The first kappa shape index (κ1) is 24.6. The zero-order valence-corrected chi connectivity index (χ0v) is 17.9. The quantitative estimate of drug-likeness (QED) is 0.447. The number of allylic oxidation sites excluding steroid dienone is 3. The molecule has 1 atom stereocenters. The monoisotopic (exact) mass is 454 g/mol. The fourth-order valence-corrected chi connectivity index (χ4v) is 3.50. The molecule has 0 aliphatic heterocycles. The number of ketones is 1.